The first-order chi connectivity index (χ1) is 22.1. The average Bonchev–Trinajstić information content (AvgIpc) is 3.06. The lowest BCUT2D eigenvalue weighted by atomic mass is 9.73. The predicted molar refractivity (Wildman–Crippen MR) is 168 cm³/mol. The Labute approximate surface area is 268 Å². The molecule has 1 unspecified atom stereocenters. The summed E-state index contributed by atoms with van der Waals surface area (Å²) in [5.74, 6) is -5.84. The first-order valence-electron chi connectivity index (χ1n) is 16.9. The molecule has 5 rings (SSSR count). The van der Waals surface area contributed by atoms with Crippen molar-refractivity contribution in [2.45, 2.75) is 109 Å². The SMILES string of the molecule is CCCC(O)c1ccc(C2CCC(CCC3CCC(c4ccc(-c5ccc(OCC)c(F)c5F)c(F)c4F)CC3)CC2)c(F)c1F. The lowest BCUT2D eigenvalue weighted by Gasteiger charge is -2.32. The Kier molecular flexibility index (Phi) is 11.4. The number of halogens is 6. The molecule has 0 amide bonds. The van der Waals surface area contributed by atoms with Gasteiger partial charge < -0.3 is 9.84 Å². The van der Waals surface area contributed by atoms with E-state index in [4.69, 9.17) is 4.74 Å². The van der Waals surface area contributed by atoms with Gasteiger partial charge >= 0.3 is 0 Å². The smallest absolute Gasteiger partial charge is 0.201 e. The highest BCUT2D eigenvalue weighted by Gasteiger charge is 2.30. The molecule has 0 heterocycles. The molecule has 250 valence electrons. The molecule has 1 atom stereocenters. The third kappa shape index (κ3) is 7.27. The summed E-state index contributed by atoms with van der Waals surface area (Å²) >= 11 is 0. The van der Waals surface area contributed by atoms with E-state index >= 15 is 8.78 Å². The van der Waals surface area contributed by atoms with Crippen molar-refractivity contribution in [2.24, 2.45) is 11.8 Å². The summed E-state index contributed by atoms with van der Waals surface area (Å²) in [6, 6.07) is 8.44. The molecule has 0 aliphatic heterocycles. The summed E-state index contributed by atoms with van der Waals surface area (Å²) in [5.41, 5.74) is 0.0582. The molecule has 2 fully saturated rings. The summed E-state index contributed by atoms with van der Waals surface area (Å²) in [6.07, 6.45) is 8.98. The Morgan fingerprint density at radius 2 is 1.09 bits per heavy atom. The lowest BCUT2D eigenvalue weighted by Crippen LogP contribution is -2.18. The molecule has 46 heavy (non-hydrogen) atoms. The fourth-order valence-corrected chi connectivity index (χ4v) is 7.67. The van der Waals surface area contributed by atoms with E-state index in [1.54, 1.807) is 13.0 Å². The Balaban J connectivity index is 1.12. The minimum atomic E-state index is -1.27. The number of aliphatic hydroxyl groups excluding tert-OH is 1. The molecule has 0 bridgehead atoms. The molecule has 2 aliphatic rings. The number of rotatable bonds is 11. The molecule has 0 aromatic heterocycles. The molecule has 0 saturated heterocycles. The molecule has 0 radical (unpaired) electrons. The number of aliphatic hydroxyl groups is 1. The van der Waals surface area contributed by atoms with Gasteiger partial charge in [0.25, 0.3) is 0 Å². The molecule has 3 aromatic carbocycles. The zero-order valence-corrected chi connectivity index (χ0v) is 26.7. The van der Waals surface area contributed by atoms with E-state index in [-0.39, 0.29) is 46.4 Å². The van der Waals surface area contributed by atoms with Crippen molar-refractivity contribution in [3.63, 3.8) is 0 Å². The van der Waals surface area contributed by atoms with Crippen molar-refractivity contribution < 1.29 is 36.2 Å². The second kappa shape index (κ2) is 15.3. The Hall–Kier alpha value is -3.00. The maximum atomic E-state index is 15.3. The molecule has 0 spiro atoms. The van der Waals surface area contributed by atoms with Gasteiger partial charge in [0.05, 0.1) is 12.7 Å². The van der Waals surface area contributed by atoms with Gasteiger partial charge in [-0.1, -0.05) is 50.5 Å². The van der Waals surface area contributed by atoms with Crippen molar-refractivity contribution in [1.82, 2.24) is 0 Å². The standard InChI is InChI=1S/C38H44F6O2/c1-3-5-31(45)30-19-17-27(34(40)37(30)43)25-14-10-23(11-15-25)7-6-22-8-12-24(13-9-22)26-16-18-28(35(41)33(26)39)29-20-21-32(46-4-2)38(44)36(29)42/h16-25,31,45H,3-15H2,1-2H3. The van der Waals surface area contributed by atoms with E-state index in [2.05, 4.69) is 0 Å². The molecule has 2 aliphatic carbocycles. The van der Waals surface area contributed by atoms with Crippen LogP contribution in [0, 0.1) is 46.7 Å². The van der Waals surface area contributed by atoms with Crippen molar-refractivity contribution >= 4 is 0 Å². The minimum absolute atomic E-state index is 0.0230. The van der Waals surface area contributed by atoms with Gasteiger partial charge in [-0.3, -0.25) is 0 Å². The van der Waals surface area contributed by atoms with E-state index in [0.29, 0.717) is 30.2 Å². The van der Waals surface area contributed by atoms with Crippen molar-refractivity contribution in [3.8, 4) is 16.9 Å². The van der Waals surface area contributed by atoms with E-state index < -0.39 is 41.0 Å². The zero-order chi connectivity index (χ0) is 33.0. The summed E-state index contributed by atoms with van der Waals surface area (Å²) < 4.78 is 94.2. The fourth-order valence-electron chi connectivity index (χ4n) is 7.67. The van der Waals surface area contributed by atoms with Gasteiger partial charge in [0.1, 0.15) is 0 Å². The highest BCUT2D eigenvalue weighted by molar-refractivity contribution is 5.66. The summed E-state index contributed by atoms with van der Waals surface area (Å²) in [5, 5.41) is 10.1. The number of ether oxygens (including phenoxy) is 1. The van der Waals surface area contributed by atoms with Crippen molar-refractivity contribution in [1.29, 1.82) is 0 Å². The van der Waals surface area contributed by atoms with Gasteiger partial charge in [0.15, 0.2) is 34.8 Å². The Bertz CT molecular complexity index is 1490. The molecule has 8 heteroatoms. The molecule has 2 saturated carbocycles. The van der Waals surface area contributed by atoms with Crippen LogP contribution in [0.5, 0.6) is 5.75 Å². The van der Waals surface area contributed by atoms with E-state index in [1.165, 1.54) is 30.3 Å². The van der Waals surface area contributed by atoms with Crippen LogP contribution >= 0.6 is 0 Å². The Morgan fingerprint density at radius 3 is 1.61 bits per heavy atom. The maximum Gasteiger partial charge on any atom is 0.201 e. The molecule has 3 aromatic rings. The third-order valence-corrected chi connectivity index (χ3v) is 10.4. The monoisotopic (exact) mass is 646 g/mol. The highest BCUT2D eigenvalue weighted by Crippen LogP contribution is 2.44. The topological polar surface area (TPSA) is 29.5 Å². The molecule has 1 N–H and O–H groups in total. The van der Waals surface area contributed by atoms with E-state index in [9.17, 15) is 22.7 Å². The van der Waals surface area contributed by atoms with Crippen LogP contribution in [0.3, 0.4) is 0 Å². The first kappa shape index (κ1) is 34.3. The van der Waals surface area contributed by atoms with Crippen LogP contribution in [0.25, 0.3) is 11.1 Å². The van der Waals surface area contributed by atoms with Crippen LogP contribution in [-0.4, -0.2) is 11.7 Å². The van der Waals surface area contributed by atoms with Crippen LogP contribution in [0.2, 0.25) is 0 Å². The first-order valence-corrected chi connectivity index (χ1v) is 16.9. The van der Waals surface area contributed by atoms with Gasteiger partial charge in [0, 0.05) is 16.7 Å². The van der Waals surface area contributed by atoms with Crippen LogP contribution in [0.1, 0.15) is 126 Å². The number of hydrogen-bond acceptors (Lipinski definition) is 2. The fraction of sp³-hybridized carbons (Fsp3) is 0.526. The predicted octanol–water partition coefficient (Wildman–Crippen LogP) is 11.4. The summed E-state index contributed by atoms with van der Waals surface area (Å²) in [4.78, 5) is 0. The van der Waals surface area contributed by atoms with E-state index in [1.807, 2.05) is 6.92 Å². The van der Waals surface area contributed by atoms with Gasteiger partial charge in [-0.2, -0.15) is 4.39 Å². The number of hydrogen-bond donors (Lipinski definition) is 1. The summed E-state index contributed by atoms with van der Waals surface area (Å²) in [7, 11) is 0. The average molecular weight is 647 g/mol. The van der Waals surface area contributed by atoms with Gasteiger partial charge in [-0.25, -0.2) is 22.0 Å². The maximum absolute atomic E-state index is 15.3. The van der Waals surface area contributed by atoms with Crippen LogP contribution in [0.15, 0.2) is 36.4 Å². The van der Waals surface area contributed by atoms with Crippen LogP contribution in [-0.2, 0) is 0 Å². The van der Waals surface area contributed by atoms with Crippen LogP contribution < -0.4 is 4.74 Å². The molecular formula is C38H44F6O2. The molecular weight excluding hydrogens is 602 g/mol. The van der Waals surface area contributed by atoms with Gasteiger partial charge in [-0.05, 0) is 112 Å². The normalized spacial score (nSPS) is 22.5. The van der Waals surface area contributed by atoms with Crippen LogP contribution in [0.4, 0.5) is 26.3 Å². The third-order valence-electron chi connectivity index (χ3n) is 10.4. The second-order valence-electron chi connectivity index (χ2n) is 13.2. The summed E-state index contributed by atoms with van der Waals surface area (Å²) in [6.45, 7) is 3.67. The second-order valence-corrected chi connectivity index (χ2v) is 13.2. The van der Waals surface area contributed by atoms with Crippen molar-refractivity contribution in [3.05, 3.63) is 88.0 Å². The van der Waals surface area contributed by atoms with E-state index in [0.717, 1.165) is 64.2 Å². The quantitative estimate of drug-likeness (QED) is 0.210. The molecule has 2 nitrogen and oxygen atoms in total. The minimum Gasteiger partial charge on any atom is -0.491 e. The van der Waals surface area contributed by atoms with Crippen molar-refractivity contribution in [2.75, 3.05) is 6.61 Å². The zero-order valence-electron chi connectivity index (χ0n) is 26.7. The highest BCUT2D eigenvalue weighted by atomic mass is 19.2. The largest absolute Gasteiger partial charge is 0.491 e. The van der Waals surface area contributed by atoms with Gasteiger partial charge in [-0.15, -0.1) is 0 Å². The van der Waals surface area contributed by atoms with Gasteiger partial charge in [0.2, 0.25) is 5.82 Å². The Morgan fingerprint density at radius 1 is 0.609 bits per heavy atom. The lowest BCUT2D eigenvalue weighted by molar-refractivity contribution is 0.160. The number of benzene rings is 3.